The average molecular weight is 192 g/mol. The Morgan fingerprint density at radius 1 is 1.36 bits per heavy atom. The first-order valence-corrected chi connectivity index (χ1v) is 5.02. The maximum Gasteiger partial charge on any atom is 0.132 e. The predicted octanol–water partition coefficient (Wildman–Crippen LogP) is 0.663. The number of piperazine rings is 1. The third kappa shape index (κ3) is 2.01. The van der Waals surface area contributed by atoms with Crippen LogP contribution in [0.15, 0.2) is 18.6 Å². The average Bonchev–Trinajstić information content (AvgIpc) is 2.18. The number of hydrogen-bond donors (Lipinski definition) is 1. The van der Waals surface area contributed by atoms with Crippen molar-refractivity contribution in [3.63, 3.8) is 0 Å². The Balaban J connectivity index is 2.11. The molecule has 0 aliphatic carbocycles. The topological polar surface area (TPSA) is 41.1 Å². The Bertz CT molecular complexity index is 277. The molecule has 0 spiro atoms. The van der Waals surface area contributed by atoms with Gasteiger partial charge in [0.15, 0.2) is 0 Å². The molecule has 76 valence electrons. The summed E-state index contributed by atoms with van der Waals surface area (Å²) in [5, 5.41) is 3.49. The maximum atomic E-state index is 4.26. The number of anilines is 1. The molecule has 1 aromatic heterocycles. The van der Waals surface area contributed by atoms with Gasteiger partial charge in [0.1, 0.15) is 12.1 Å². The molecule has 1 N–H and O–H groups in total. The van der Waals surface area contributed by atoms with E-state index >= 15 is 0 Å². The Labute approximate surface area is 84.4 Å². The van der Waals surface area contributed by atoms with Gasteiger partial charge in [-0.3, -0.25) is 0 Å². The molecule has 4 heteroatoms. The second kappa shape index (κ2) is 3.92. The number of nitrogens with one attached hydrogen (secondary N) is 1. The lowest BCUT2D eigenvalue weighted by atomic mass is 10.1. The van der Waals surface area contributed by atoms with Crippen LogP contribution in [0.5, 0.6) is 0 Å². The van der Waals surface area contributed by atoms with Crippen LogP contribution in [-0.4, -0.2) is 35.1 Å². The van der Waals surface area contributed by atoms with E-state index in [9.17, 15) is 0 Å². The summed E-state index contributed by atoms with van der Waals surface area (Å²) in [6.07, 6.45) is 3.40. The fourth-order valence-electron chi connectivity index (χ4n) is 1.98. The van der Waals surface area contributed by atoms with Gasteiger partial charge >= 0.3 is 0 Å². The molecule has 1 aliphatic rings. The first-order chi connectivity index (χ1) is 6.75. The summed E-state index contributed by atoms with van der Waals surface area (Å²) in [5.74, 6) is 1.03. The molecular weight excluding hydrogens is 176 g/mol. The minimum absolute atomic E-state index is 0.522. The van der Waals surface area contributed by atoms with Crippen molar-refractivity contribution in [1.82, 2.24) is 15.3 Å². The van der Waals surface area contributed by atoms with Crippen LogP contribution in [0, 0.1) is 0 Å². The predicted molar refractivity (Wildman–Crippen MR) is 56.3 cm³/mol. The summed E-state index contributed by atoms with van der Waals surface area (Å²) >= 11 is 0. The van der Waals surface area contributed by atoms with Gasteiger partial charge in [0.2, 0.25) is 0 Å². The first-order valence-electron chi connectivity index (χ1n) is 5.02. The molecule has 0 aromatic carbocycles. The number of nitrogens with zero attached hydrogens (tertiary/aromatic N) is 3. The zero-order valence-corrected chi connectivity index (χ0v) is 8.64. The molecule has 2 heterocycles. The first kappa shape index (κ1) is 9.40. The summed E-state index contributed by atoms with van der Waals surface area (Å²) in [7, 11) is 0. The highest BCUT2D eigenvalue weighted by Gasteiger charge is 2.21. The molecule has 0 radical (unpaired) electrons. The molecule has 0 amide bonds. The molecule has 1 aliphatic heterocycles. The van der Waals surface area contributed by atoms with E-state index in [2.05, 4.69) is 34.0 Å². The van der Waals surface area contributed by atoms with Gasteiger partial charge in [0, 0.05) is 31.4 Å². The third-order valence-corrected chi connectivity index (χ3v) is 2.45. The minimum atomic E-state index is 0.522. The number of rotatable bonds is 1. The monoisotopic (exact) mass is 192 g/mol. The van der Waals surface area contributed by atoms with Gasteiger partial charge < -0.3 is 10.2 Å². The SMILES string of the molecule is CC1CN(c2ccncn2)CC(C)N1. The number of aromatic nitrogens is 2. The van der Waals surface area contributed by atoms with E-state index in [4.69, 9.17) is 0 Å². The van der Waals surface area contributed by atoms with E-state index in [1.807, 2.05) is 6.07 Å². The quantitative estimate of drug-likeness (QED) is 0.710. The van der Waals surface area contributed by atoms with E-state index < -0.39 is 0 Å². The van der Waals surface area contributed by atoms with E-state index in [0.29, 0.717) is 12.1 Å². The lowest BCUT2D eigenvalue weighted by Crippen LogP contribution is -2.54. The van der Waals surface area contributed by atoms with Gasteiger partial charge in [-0.05, 0) is 19.9 Å². The second-order valence-corrected chi connectivity index (χ2v) is 3.94. The Hall–Kier alpha value is -1.16. The van der Waals surface area contributed by atoms with Gasteiger partial charge in [-0.2, -0.15) is 0 Å². The standard InChI is InChI=1S/C10H16N4/c1-8-5-14(6-9(2)13-8)10-3-4-11-7-12-10/h3-4,7-9,13H,5-6H2,1-2H3. The molecule has 0 bridgehead atoms. The van der Waals surface area contributed by atoms with E-state index in [0.717, 1.165) is 18.9 Å². The van der Waals surface area contributed by atoms with Crippen molar-refractivity contribution in [2.45, 2.75) is 25.9 Å². The Morgan fingerprint density at radius 2 is 2.07 bits per heavy atom. The summed E-state index contributed by atoms with van der Waals surface area (Å²) in [4.78, 5) is 10.5. The second-order valence-electron chi connectivity index (χ2n) is 3.94. The summed E-state index contributed by atoms with van der Waals surface area (Å²) in [6.45, 7) is 6.43. The zero-order valence-electron chi connectivity index (χ0n) is 8.64. The van der Waals surface area contributed by atoms with Gasteiger partial charge in [-0.15, -0.1) is 0 Å². The van der Waals surface area contributed by atoms with Gasteiger partial charge in [-0.1, -0.05) is 0 Å². The molecule has 2 atom stereocenters. The van der Waals surface area contributed by atoms with Crippen LogP contribution < -0.4 is 10.2 Å². The molecule has 4 nitrogen and oxygen atoms in total. The minimum Gasteiger partial charge on any atom is -0.353 e. The molecule has 1 aromatic rings. The Kier molecular flexibility index (Phi) is 2.63. The van der Waals surface area contributed by atoms with Crippen molar-refractivity contribution in [2.24, 2.45) is 0 Å². The fraction of sp³-hybridized carbons (Fsp3) is 0.600. The number of hydrogen-bond acceptors (Lipinski definition) is 4. The van der Waals surface area contributed by atoms with Gasteiger partial charge in [-0.25, -0.2) is 9.97 Å². The normalized spacial score (nSPS) is 27.7. The maximum absolute atomic E-state index is 4.26. The van der Waals surface area contributed by atoms with E-state index in [1.54, 1.807) is 12.5 Å². The molecule has 1 fully saturated rings. The van der Waals surface area contributed by atoms with Crippen LogP contribution in [0.25, 0.3) is 0 Å². The van der Waals surface area contributed by atoms with Crippen LogP contribution in [0.4, 0.5) is 5.82 Å². The molecule has 2 rings (SSSR count). The largest absolute Gasteiger partial charge is 0.353 e. The van der Waals surface area contributed by atoms with Crippen LogP contribution >= 0.6 is 0 Å². The van der Waals surface area contributed by atoms with Crippen LogP contribution in [0.3, 0.4) is 0 Å². The molecular formula is C10H16N4. The van der Waals surface area contributed by atoms with Gasteiger partial charge in [0.05, 0.1) is 0 Å². The lowest BCUT2D eigenvalue weighted by Gasteiger charge is -2.36. The van der Waals surface area contributed by atoms with Crippen molar-refractivity contribution < 1.29 is 0 Å². The zero-order chi connectivity index (χ0) is 9.97. The Morgan fingerprint density at radius 3 is 2.64 bits per heavy atom. The smallest absolute Gasteiger partial charge is 0.132 e. The summed E-state index contributed by atoms with van der Waals surface area (Å²) in [6, 6.07) is 3.01. The highest BCUT2D eigenvalue weighted by molar-refractivity contribution is 5.37. The van der Waals surface area contributed by atoms with E-state index in [1.165, 1.54) is 0 Å². The molecule has 0 saturated carbocycles. The van der Waals surface area contributed by atoms with Crippen LogP contribution in [0.2, 0.25) is 0 Å². The molecule has 14 heavy (non-hydrogen) atoms. The van der Waals surface area contributed by atoms with Crippen molar-refractivity contribution in [3.8, 4) is 0 Å². The van der Waals surface area contributed by atoms with Crippen molar-refractivity contribution in [2.75, 3.05) is 18.0 Å². The summed E-state index contributed by atoms with van der Waals surface area (Å²) < 4.78 is 0. The van der Waals surface area contributed by atoms with Crippen molar-refractivity contribution in [1.29, 1.82) is 0 Å². The molecule has 2 unspecified atom stereocenters. The molecule has 1 saturated heterocycles. The van der Waals surface area contributed by atoms with Crippen molar-refractivity contribution in [3.05, 3.63) is 18.6 Å². The highest BCUT2D eigenvalue weighted by Crippen LogP contribution is 2.12. The summed E-state index contributed by atoms with van der Waals surface area (Å²) in [5.41, 5.74) is 0. The highest BCUT2D eigenvalue weighted by atomic mass is 15.3. The van der Waals surface area contributed by atoms with Crippen LogP contribution in [0.1, 0.15) is 13.8 Å². The third-order valence-electron chi connectivity index (χ3n) is 2.45. The van der Waals surface area contributed by atoms with Crippen molar-refractivity contribution >= 4 is 5.82 Å². The van der Waals surface area contributed by atoms with E-state index in [-0.39, 0.29) is 0 Å². The van der Waals surface area contributed by atoms with Crippen LogP contribution in [-0.2, 0) is 0 Å². The van der Waals surface area contributed by atoms with Gasteiger partial charge in [0.25, 0.3) is 0 Å². The lowest BCUT2D eigenvalue weighted by molar-refractivity contribution is 0.405. The fourth-order valence-corrected chi connectivity index (χ4v) is 1.98.